The Hall–Kier alpha value is -1.95. The van der Waals surface area contributed by atoms with Crippen molar-refractivity contribution in [1.82, 2.24) is 0 Å². The van der Waals surface area contributed by atoms with Crippen molar-refractivity contribution in [1.29, 1.82) is 5.26 Å². The molecule has 0 saturated carbocycles. The van der Waals surface area contributed by atoms with E-state index < -0.39 is 17.1 Å². The number of nitrogens with zero attached hydrogens (tertiary/aromatic N) is 2. The van der Waals surface area contributed by atoms with E-state index in [1.165, 1.54) is 13.0 Å². The summed E-state index contributed by atoms with van der Waals surface area (Å²) in [5.74, 6) is -0.0406. The van der Waals surface area contributed by atoms with Crippen molar-refractivity contribution >= 4 is 22.6 Å². The Bertz CT molecular complexity index is 569. The first-order chi connectivity index (χ1) is 9.35. The maximum absolute atomic E-state index is 10.8. The number of nitro groups is 1. The van der Waals surface area contributed by atoms with Gasteiger partial charge in [-0.25, -0.2) is 0 Å². The fourth-order valence-electron chi connectivity index (χ4n) is 1.49. The largest absolute Gasteiger partial charge is 0.389 e. The van der Waals surface area contributed by atoms with Crippen molar-refractivity contribution in [2.75, 3.05) is 5.75 Å². The molecule has 2 atom stereocenters. The molecule has 0 radical (unpaired) electrons. The van der Waals surface area contributed by atoms with Crippen molar-refractivity contribution in [2.45, 2.75) is 19.1 Å². The van der Waals surface area contributed by atoms with Crippen LogP contribution in [0.2, 0.25) is 0 Å². The van der Waals surface area contributed by atoms with Crippen molar-refractivity contribution in [3.63, 3.8) is 0 Å². The van der Waals surface area contributed by atoms with Gasteiger partial charge in [0.15, 0.2) is 5.12 Å². The van der Waals surface area contributed by atoms with E-state index in [9.17, 15) is 25.1 Å². The third-order valence-corrected chi connectivity index (χ3v) is 3.36. The first kappa shape index (κ1) is 16.1. The highest BCUT2D eigenvalue weighted by Crippen LogP contribution is 2.25. The number of benzene rings is 1. The summed E-state index contributed by atoms with van der Waals surface area (Å²) in [5.41, 5.74) is -0.267. The Labute approximate surface area is 119 Å². The van der Waals surface area contributed by atoms with E-state index in [-0.39, 0.29) is 27.7 Å². The molecule has 1 aromatic carbocycles. The standard InChI is InChI=1S/C12H12N2O5S/c1-7(15)20-6-11(16)12(17)9-2-8(5-13)3-10(4-9)14(18)19/h2-4,11-12,16-17H,6H2,1H3. The van der Waals surface area contributed by atoms with Crippen LogP contribution in [0.25, 0.3) is 0 Å². The highest BCUT2D eigenvalue weighted by molar-refractivity contribution is 8.13. The number of nitro benzene ring substituents is 1. The predicted octanol–water partition coefficient (Wildman–Crippen LogP) is 1.14. The Morgan fingerprint density at radius 3 is 2.65 bits per heavy atom. The zero-order valence-electron chi connectivity index (χ0n) is 10.5. The first-order valence-corrected chi connectivity index (χ1v) is 6.52. The second-order valence-electron chi connectivity index (χ2n) is 4.00. The molecule has 2 unspecified atom stereocenters. The third kappa shape index (κ3) is 4.31. The topological polar surface area (TPSA) is 124 Å². The van der Waals surface area contributed by atoms with Crippen molar-refractivity contribution in [3.8, 4) is 6.07 Å². The van der Waals surface area contributed by atoms with Crippen LogP contribution in [0.15, 0.2) is 18.2 Å². The minimum absolute atomic E-state index is 0.0136. The van der Waals surface area contributed by atoms with Gasteiger partial charge in [-0.05, 0) is 11.6 Å². The van der Waals surface area contributed by atoms with E-state index in [1.54, 1.807) is 6.07 Å². The smallest absolute Gasteiger partial charge is 0.271 e. The van der Waals surface area contributed by atoms with Crippen LogP contribution < -0.4 is 0 Å². The summed E-state index contributed by atoms with van der Waals surface area (Å²) in [6.45, 7) is 1.32. The second kappa shape index (κ2) is 7.00. The van der Waals surface area contributed by atoms with Gasteiger partial charge in [0.25, 0.3) is 5.69 Å². The average molecular weight is 296 g/mol. The molecular weight excluding hydrogens is 284 g/mol. The molecule has 106 valence electrons. The number of aliphatic hydroxyl groups excluding tert-OH is 2. The van der Waals surface area contributed by atoms with E-state index in [2.05, 4.69) is 0 Å². The van der Waals surface area contributed by atoms with Crippen molar-refractivity contribution in [3.05, 3.63) is 39.4 Å². The van der Waals surface area contributed by atoms with E-state index in [4.69, 9.17) is 5.26 Å². The van der Waals surface area contributed by atoms with Crippen LogP contribution in [0.4, 0.5) is 5.69 Å². The lowest BCUT2D eigenvalue weighted by atomic mass is 10.0. The highest BCUT2D eigenvalue weighted by atomic mass is 32.2. The molecule has 0 bridgehead atoms. The zero-order chi connectivity index (χ0) is 15.3. The maximum Gasteiger partial charge on any atom is 0.271 e. The Morgan fingerprint density at radius 1 is 1.50 bits per heavy atom. The number of rotatable bonds is 5. The van der Waals surface area contributed by atoms with Gasteiger partial charge in [-0.15, -0.1) is 0 Å². The number of carbonyl (C=O) groups excluding carboxylic acids is 1. The number of carbonyl (C=O) groups is 1. The van der Waals surface area contributed by atoms with Crippen molar-refractivity contribution in [2.24, 2.45) is 0 Å². The molecule has 0 aliphatic carbocycles. The van der Waals surface area contributed by atoms with Gasteiger partial charge in [0, 0.05) is 24.8 Å². The lowest BCUT2D eigenvalue weighted by Gasteiger charge is -2.17. The molecule has 20 heavy (non-hydrogen) atoms. The summed E-state index contributed by atoms with van der Waals surface area (Å²) < 4.78 is 0. The molecule has 0 spiro atoms. The Morgan fingerprint density at radius 2 is 2.15 bits per heavy atom. The number of aliphatic hydroxyl groups is 2. The van der Waals surface area contributed by atoms with Gasteiger partial charge >= 0.3 is 0 Å². The average Bonchev–Trinajstić information content (AvgIpc) is 2.43. The lowest BCUT2D eigenvalue weighted by Crippen LogP contribution is -2.21. The van der Waals surface area contributed by atoms with Gasteiger partial charge in [-0.2, -0.15) is 5.26 Å². The van der Waals surface area contributed by atoms with E-state index >= 15 is 0 Å². The van der Waals surface area contributed by atoms with Crippen LogP contribution >= 0.6 is 11.8 Å². The zero-order valence-corrected chi connectivity index (χ0v) is 11.3. The van der Waals surface area contributed by atoms with Gasteiger partial charge in [-0.3, -0.25) is 14.9 Å². The normalized spacial score (nSPS) is 13.3. The third-order valence-electron chi connectivity index (χ3n) is 2.44. The van der Waals surface area contributed by atoms with E-state index in [0.29, 0.717) is 0 Å². The van der Waals surface area contributed by atoms with Gasteiger partial charge in [0.05, 0.1) is 22.7 Å². The minimum Gasteiger partial charge on any atom is -0.389 e. The number of hydrogen-bond donors (Lipinski definition) is 2. The summed E-state index contributed by atoms with van der Waals surface area (Å²) in [5, 5.41) is 39.0. The molecule has 7 nitrogen and oxygen atoms in total. The molecule has 0 aliphatic rings. The van der Waals surface area contributed by atoms with Gasteiger partial charge in [-0.1, -0.05) is 11.8 Å². The molecule has 8 heteroatoms. The van der Waals surface area contributed by atoms with Crippen LogP contribution in [0.1, 0.15) is 24.2 Å². The molecule has 1 aromatic rings. The lowest BCUT2D eigenvalue weighted by molar-refractivity contribution is -0.385. The summed E-state index contributed by atoms with van der Waals surface area (Å²) in [6.07, 6.45) is -2.67. The predicted molar refractivity (Wildman–Crippen MR) is 71.9 cm³/mol. The molecule has 0 saturated heterocycles. The second-order valence-corrected chi connectivity index (χ2v) is 5.19. The maximum atomic E-state index is 10.8. The Kier molecular flexibility index (Phi) is 5.64. The number of thioether (sulfide) groups is 1. The summed E-state index contributed by atoms with van der Waals surface area (Å²) in [6, 6.07) is 5.18. The minimum atomic E-state index is -1.41. The molecule has 0 aromatic heterocycles. The molecule has 0 aliphatic heterocycles. The summed E-state index contributed by atoms with van der Waals surface area (Å²) >= 11 is 0.835. The van der Waals surface area contributed by atoms with Gasteiger partial charge < -0.3 is 10.2 Å². The van der Waals surface area contributed by atoms with Crippen LogP contribution in [-0.4, -0.2) is 32.1 Å². The van der Waals surface area contributed by atoms with Crippen LogP contribution in [-0.2, 0) is 4.79 Å². The fraction of sp³-hybridized carbons (Fsp3) is 0.333. The molecular formula is C12H12N2O5S. The van der Waals surface area contributed by atoms with Gasteiger partial charge in [0.2, 0.25) is 0 Å². The fourth-order valence-corrected chi connectivity index (χ4v) is 2.08. The Balaban J connectivity index is 3.00. The quantitative estimate of drug-likeness (QED) is 0.616. The molecule has 2 N–H and O–H groups in total. The molecule has 0 fully saturated rings. The van der Waals surface area contributed by atoms with Crippen LogP contribution in [0.3, 0.4) is 0 Å². The van der Waals surface area contributed by atoms with E-state index in [0.717, 1.165) is 23.9 Å². The van der Waals surface area contributed by atoms with E-state index in [1.807, 2.05) is 0 Å². The molecule has 1 rings (SSSR count). The number of hydrogen-bond acceptors (Lipinski definition) is 7. The number of nitriles is 1. The number of non-ortho nitro benzene ring substituents is 1. The van der Waals surface area contributed by atoms with Crippen LogP contribution in [0.5, 0.6) is 0 Å². The SMILES string of the molecule is CC(=O)SCC(O)C(O)c1cc(C#N)cc([N+](=O)[O-])c1. The monoisotopic (exact) mass is 296 g/mol. The highest BCUT2D eigenvalue weighted by Gasteiger charge is 2.22. The van der Waals surface area contributed by atoms with Gasteiger partial charge in [0.1, 0.15) is 6.10 Å². The first-order valence-electron chi connectivity index (χ1n) is 5.54. The van der Waals surface area contributed by atoms with Crippen molar-refractivity contribution < 1.29 is 19.9 Å². The summed E-state index contributed by atoms with van der Waals surface area (Å²) in [4.78, 5) is 20.8. The van der Waals surface area contributed by atoms with Crippen LogP contribution in [0, 0.1) is 21.4 Å². The summed E-state index contributed by atoms with van der Waals surface area (Å²) in [7, 11) is 0. The molecule has 0 amide bonds. The molecule has 0 heterocycles.